The number of rotatable bonds is 4. The second-order valence-corrected chi connectivity index (χ2v) is 8.23. The topological polar surface area (TPSA) is 23.1 Å². The van der Waals surface area contributed by atoms with Gasteiger partial charge in [0.25, 0.3) is 0 Å². The molecular weight excluding hydrogens is 294 g/mol. The summed E-state index contributed by atoms with van der Waals surface area (Å²) >= 11 is 0. The van der Waals surface area contributed by atoms with Gasteiger partial charge < -0.3 is 9.59 Å². The molecule has 4 rings (SSSR count). The summed E-state index contributed by atoms with van der Waals surface area (Å²) in [6.45, 7) is 11.4. The van der Waals surface area contributed by atoms with Gasteiger partial charge in [-0.05, 0) is 36.1 Å². The Kier molecular flexibility index (Phi) is 3.84. The molecule has 0 N–H and O–H groups in total. The molecule has 128 valence electrons. The van der Waals surface area contributed by atoms with Gasteiger partial charge in [0.1, 0.15) is 0 Å². The fraction of sp³-hybridized carbons (Fsp3) is 0.545. The van der Waals surface area contributed by atoms with Gasteiger partial charge in [0, 0.05) is 24.2 Å². The Labute approximate surface area is 146 Å². The standard InChI is InChI=1S/C22H29NO/c1-3-12-23(13-4-2)14-11-22-10-6-5-7-19(22)21(23)15-17-8-9-18(24)16-20(17)22/h3-4,8-9,16,19,21H,1-2,5-7,10-15H2/t19-,21-,22+/m0/s1. The molecular formula is C22H29NO. The predicted molar refractivity (Wildman–Crippen MR) is 96.9 cm³/mol. The highest BCUT2D eigenvalue weighted by Crippen LogP contribution is 2.57. The number of benzene rings is 1. The Hall–Kier alpha value is -1.54. The van der Waals surface area contributed by atoms with Crippen LogP contribution in [0.5, 0.6) is 5.75 Å². The van der Waals surface area contributed by atoms with Crippen molar-refractivity contribution >= 4 is 0 Å². The quantitative estimate of drug-likeness (QED) is 0.612. The van der Waals surface area contributed by atoms with Crippen LogP contribution in [0.15, 0.2) is 43.5 Å². The van der Waals surface area contributed by atoms with E-state index in [-0.39, 0.29) is 11.2 Å². The summed E-state index contributed by atoms with van der Waals surface area (Å²) in [6, 6.07) is 6.52. The third-order valence-electron chi connectivity index (χ3n) is 7.30. The van der Waals surface area contributed by atoms with Crippen molar-refractivity contribution in [1.82, 2.24) is 0 Å². The van der Waals surface area contributed by atoms with Crippen molar-refractivity contribution < 1.29 is 9.59 Å². The summed E-state index contributed by atoms with van der Waals surface area (Å²) in [7, 11) is 0. The van der Waals surface area contributed by atoms with E-state index in [1.807, 2.05) is 6.07 Å². The van der Waals surface area contributed by atoms with Crippen LogP contribution in [-0.2, 0) is 11.8 Å². The minimum absolute atomic E-state index is 0.189. The van der Waals surface area contributed by atoms with Crippen LogP contribution in [0, 0.1) is 5.92 Å². The molecule has 1 aromatic rings. The van der Waals surface area contributed by atoms with Crippen molar-refractivity contribution in [2.24, 2.45) is 5.92 Å². The van der Waals surface area contributed by atoms with Crippen molar-refractivity contribution in [2.45, 2.75) is 50.0 Å². The predicted octanol–water partition coefficient (Wildman–Crippen LogP) is 3.71. The van der Waals surface area contributed by atoms with Gasteiger partial charge >= 0.3 is 0 Å². The number of nitrogens with zero attached hydrogens (tertiary/aromatic N) is 1. The summed E-state index contributed by atoms with van der Waals surface area (Å²) < 4.78 is 1.12. The molecule has 2 aliphatic carbocycles. The van der Waals surface area contributed by atoms with Crippen LogP contribution in [0.4, 0.5) is 0 Å². The molecule has 0 aromatic heterocycles. The number of fused-ring (bicyclic) bond motifs is 1. The van der Waals surface area contributed by atoms with Gasteiger partial charge in [-0.25, -0.2) is 0 Å². The number of piperidine rings is 1. The Morgan fingerprint density at radius 3 is 2.71 bits per heavy atom. The summed E-state index contributed by atoms with van der Waals surface area (Å²) in [6.07, 6.45) is 11.8. The molecule has 0 unspecified atom stereocenters. The largest absolute Gasteiger partial charge is 0.872 e. The number of quaternary nitrogens is 1. The zero-order valence-corrected chi connectivity index (χ0v) is 14.7. The van der Waals surface area contributed by atoms with Gasteiger partial charge in [-0.3, -0.25) is 0 Å². The Balaban J connectivity index is 1.86. The molecule has 0 radical (unpaired) electrons. The van der Waals surface area contributed by atoms with Crippen molar-refractivity contribution in [1.29, 1.82) is 0 Å². The SMILES string of the molecule is C=CC[N+]1(CC=C)CC[C@]23CCCC[C@H]2[C@@H]1Cc1ccc([O-])cc13. The lowest BCUT2D eigenvalue weighted by molar-refractivity contribution is -0.952. The van der Waals surface area contributed by atoms with Crippen molar-refractivity contribution in [3.8, 4) is 5.75 Å². The van der Waals surface area contributed by atoms with E-state index < -0.39 is 0 Å². The zero-order chi connectivity index (χ0) is 16.8. The molecule has 1 aromatic carbocycles. The maximum atomic E-state index is 12.1. The Morgan fingerprint density at radius 2 is 1.96 bits per heavy atom. The zero-order valence-electron chi connectivity index (χ0n) is 14.7. The minimum atomic E-state index is 0.189. The molecule has 2 heteroatoms. The Bertz CT molecular complexity index is 654. The third-order valence-corrected chi connectivity index (χ3v) is 7.30. The molecule has 3 aliphatic rings. The lowest BCUT2D eigenvalue weighted by atomic mass is 9.51. The van der Waals surface area contributed by atoms with Crippen LogP contribution in [0.3, 0.4) is 0 Å². The normalized spacial score (nSPS) is 33.2. The molecule has 24 heavy (non-hydrogen) atoms. The van der Waals surface area contributed by atoms with Gasteiger partial charge in [0.2, 0.25) is 0 Å². The van der Waals surface area contributed by atoms with E-state index in [0.29, 0.717) is 12.0 Å². The van der Waals surface area contributed by atoms with E-state index >= 15 is 0 Å². The van der Waals surface area contributed by atoms with Gasteiger partial charge in [-0.2, -0.15) is 0 Å². The first-order valence-corrected chi connectivity index (χ1v) is 9.53. The van der Waals surface area contributed by atoms with Gasteiger partial charge in [-0.15, -0.1) is 5.75 Å². The summed E-state index contributed by atoms with van der Waals surface area (Å²) in [5.74, 6) is 0.906. The highest BCUT2D eigenvalue weighted by molar-refractivity contribution is 5.44. The summed E-state index contributed by atoms with van der Waals surface area (Å²) in [4.78, 5) is 0. The molecule has 1 saturated carbocycles. The molecule has 0 amide bonds. The van der Waals surface area contributed by atoms with Crippen LogP contribution in [0.1, 0.15) is 43.2 Å². The van der Waals surface area contributed by atoms with E-state index in [0.717, 1.165) is 24.0 Å². The van der Waals surface area contributed by atoms with E-state index in [4.69, 9.17) is 0 Å². The van der Waals surface area contributed by atoms with E-state index in [1.165, 1.54) is 49.8 Å². The number of hydrogen-bond acceptors (Lipinski definition) is 1. The average Bonchev–Trinajstić information content (AvgIpc) is 2.59. The fourth-order valence-corrected chi connectivity index (χ4v) is 6.38. The first kappa shape index (κ1) is 16.0. The average molecular weight is 323 g/mol. The molecule has 2 nitrogen and oxygen atoms in total. The van der Waals surface area contributed by atoms with Crippen LogP contribution in [0.25, 0.3) is 0 Å². The molecule has 1 heterocycles. The molecule has 2 bridgehead atoms. The molecule has 3 atom stereocenters. The second-order valence-electron chi connectivity index (χ2n) is 8.23. The monoisotopic (exact) mass is 323 g/mol. The first-order chi connectivity index (χ1) is 11.6. The van der Waals surface area contributed by atoms with Crippen molar-refractivity contribution in [3.05, 3.63) is 54.6 Å². The number of hydrogen-bond donors (Lipinski definition) is 0. The third kappa shape index (κ3) is 2.12. The van der Waals surface area contributed by atoms with Gasteiger partial charge in [0.15, 0.2) is 0 Å². The van der Waals surface area contributed by atoms with Crippen LogP contribution >= 0.6 is 0 Å². The minimum Gasteiger partial charge on any atom is -0.872 e. The fourth-order valence-electron chi connectivity index (χ4n) is 6.38. The maximum absolute atomic E-state index is 12.1. The lowest BCUT2D eigenvalue weighted by Gasteiger charge is -2.62. The Morgan fingerprint density at radius 1 is 1.17 bits per heavy atom. The summed E-state index contributed by atoms with van der Waals surface area (Å²) in [5, 5.41) is 12.1. The van der Waals surface area contributed by atoms with Crippen molar-refractivity contribution in [2.75, 3.05) is 19.6 Å². The smallest absolute Gasteiger partial charge is 0.0975 e. The van der Waals surface area contributed by atoms with Gasteiger partial charge in [-0.1, -0.05) is 44.2 Å². The van der Waals surface area contributed by atoms with Crippen LogP contribution in [0.2, 0.25) is 0 Å². The second kappa shape index (κ2) is 5.77. The van der Waals surface area contributed by atoms with Crippen LogP contribution < -0.4 is 5.11 Å². The first-order valence-electron chi connectivity index (χ1n) is 9.53. The van der Waals surface area contributed by atoms with Gasteiger partial charge in [0.05, 0.1) is 25.7 Å². The van der Waals surface area contributed by atoms with E-state index in [9.17, 15) is 5.11 Å². The lowest BCUT2D eigenvalue weighted by Crippen LogP contribution is -2.70. The number of likely N-dealkylation sites (tertiary alicyclic amines) is 1. The maximum Gasteiger partial charge on any atom is 0.0975 e. The highest BCUT2D eigenvalue weighted by atomic mass is 16.3. The van der Waals surface area contributed by atoms with Crippen molar-refractivity contribution in [3.63, 3.8) is 0 Å². The molecule has 0 spiro atoms. The summed E-state index contributed by atoms with van der Waals surface area (Å²) in [5.41, 5.74) is 3.11. The van der Waals surface area contributed by atoms with Crippen LogP contribution in [-0.4, -0.2) is 30.2 Å². The molecule has 1 aliphatic heterocycles. The highest BCUT2D eigenvalue weighted by Gasteiger charge is 2.59. The molecule has 2 fully saturated rings. The van der Waals surface area contributed by atoms with E-state index in [1.54, 1.807) is 6.07 Å². The molecule has 1 saturated heterocycles. The van der Waals surface area contributed by atoms with E-state index in [2.05, 4.69) is 31.4 Å².